The largest absolute Gasteiger partial charge is 0.462 e. The van der Waals surface area contributed by atoms with Crippen LogP contribution in [0, 0.1) is 0 Å². The third-order valence-electron chi connectivity index (χ3n) is 12.1. The van der Waals surface area contributed by atoms with Crippen molar-refractivity contribution in [2.24, 2.45) is 0 Å². The van der Waals surface area contributed by atoms with Gasteiger partial charge in [0.2, 0.25) is 0 Å². The molecule has 0 aliphatic carbocycles. The van der Waals surface area contributed by atoms with E-state index in [1.54, 1.807) is 0 Å². The van der Waals surface area contributed by atoms with E-state index in [4.69, 9.17) is 14.2 Å². The van der Waals surface area contributed by atoms with Crippen LogP contribution >= 0.6 is 0 Å². The molecule has 0 aliphatic heterocycles. The molecule has 0 aromatic carbocycles. The molecule has 6 nitrogen and oxygen atoms in total. The number of hydrogen-bond acceptors (Lipinski definition) is 6. The second-order valence-corrected chi connectivity index (χ2v) is 18.5. The maximum absolute atomic E-state index is 12.8. The summed E-state index contributed by atoms with van der Waals surface area (Å²) in [6.45, 7) is 6.61. The summed E-state index contributed by atoms with van der Waals surface area (Å²) in [5, 5.41) is 0. The predicted molar refractivity (Wildman–Crippen MR) is 270 cm³/mol. The Hall–Kier alpha value is -2.37. The molecule has 368 valence electrons. The van der Waals surface area contributed by atoms with Gasteiger partial charge < -0.3 is 14.2 Å². The summed E-state index contributed by atoms with van der Waals surface area (Å²) in [4.78, 5) is 37.9. The van der Waals surface area contributed by atoms with E-state index in [2.05, 4.69) is 57.2 Å². The van der Waals surface area contributed by atoms with Gasteiger partial charge in [-0.3, -0.25) is 14.4 Å². The first kappa shape index (κ1) is 60.6. The summed E-state index contributed by atoms with van der Waals surface area (Å²) >= 11 is 0. The van der Waals surface area contributed by atoms with Gasteiger partial charge in [0.1, 0.15) is 13.2 Å². The van der Waals surface area contributed by atoms with Crippen LogP contribution in [0.5, 0.6) is 0 Å². The first-order valence-corrected chi connectivity index (χ1v) is 27.5. The number of hydrogen-bond donors (Lipinski definition) is 0. The molecular formula is C57H104O6. The van der Waals surface area contributed by atoms with Gasteiger partial charge in [-0.25, -0.2) is 0 Å². The smallest absolute Gasteiger partial charge is 0.306 e. The van der Waals surface area contributed by atoms with Crippen molar-refractivity contribution in [1.82, 2.24) is 0 Å². The zero-order valence-electron chi connectivity index (χ0n) is 42.1. The maximum atomic E-state index is 12.8. The lowest BCUT2D eigenvalue weighted by molar-refractivity contribution is -0.167. The fourth-order valence-corrected chi connectivity index (χ4v) is 7.94. The fourth-order valence-electron chi connectivity index (χ4n) is 7.94. The maximum Gasteiger partial charge on any atom is 0.306 e. The lowest BCUT2D eigenvalue weighted by atomic mass is 10.0. The Bertz CT molecular complexity index is 1060. The summed E-state index contributed by atoms with van der Waals surface area (Å²) in [5.74, 6) is -0.875. The molecule has 63 heavy (non-hydrogen) atoms. The Morgan fingerprint density at radius 1 is 0.317 bits per heavy atom. The summed E-state index contributed by atoms with van der Waals surface area (Å²) in [6.07, 6.45) is 61.4. The minimum Gasteiger partial charge on any atom is -0.462 e. The molecule has 1 atom stereocenters. The van der Waals surface area contributed by atoms with Crippen LogP contribution in [0.3, 0.4) is 0 Å². The minimum absolute atomic E-state index is 0.0731. The average Bonchev–Trinajstić information content (AvgIpc) is 3.28. The average molecular weight is 885 g/mol. The third kappa shape index (κ3) is 50.5. The van der Waals surface area contributed by atoms with E-state index in [0.717, 1.165) is 70.6 Å². The SMILES string of the molecule is CCCCC/C=C\CCCCCCCC(=O)OC(COC(=O)CCCCCCCCCCCC)COC(=O)CCCCCCCCCCCCC/C=C\C/C=C\CCCCCCC. The molecular weight excluding hydrogens is 781 g/mol. The number of allylic oxidation sites excluding steroid dienone is 6. The second kappa shape index (κ2) is 52.3. The highest BCUT2D eigenvalue weighted by Crippen LogP contribution is 2.16. The lowest BCUT2D eigenvalue weighted by Crippen LogP contribution is -2.30. The van der Waals surface area contributed by atoms with Crippen molar-refractivity contribution in [2.45, 2.75) is 297 Å². The molecule has 0 fully saturated rings. The number of carbonyl (C=O) groups excluding carboxylic acids is 3. The zero-order valence-corrected chi connectivity index (χ0v) is 42.1. The lowest BCUT2D eigenvalue weighted by Gasteiger charge is -2.18. The molecule has 0 rings (SSSR count). The summed E-state index contributed by atoms with van der Waals surface area (Å²) in [5.41, 5.74) is 0. The van der Waals surface area contributed by atoms with Crippen LogP contribution in [0.15, 0.2) is 36.5 Å². The number of unbranched alkanes of at least 4 members (excludes halogenated alkanes) is 33. The highest BCUT2D eigenvalue weighted by Gasteiger charge is 2.19. The molecule has 0 aromatic heterocycles. The highest BCUT2D eigenvalue weighted by molar-refractivity contribution is 5.71. The molecule has 0 N–H and O–H groups in total. The van der Waals surface area contributed by atoms with Crippen molar-refractivity contribution in [3.8, 4) is 0 Å². The summed E-state index contributed by atoms with van der Waals surface area (Å²) < 4.78 is 16.8. The van der Waals surface area contributed by atoms with Crippen molar-refractivity contribution >= 4 is 17.9 Å². The van der Waals surface area contributed by atoms with Gasteiger partial charge in [0, 0.05) is 19.3 Å². The van der Waals surface area contributed by atoms with Gasteiger partial charge in [0.05, 0.1) is 0 Å². The molecule has 0 spiro atoms. The van der Waals surface area contributed by atoms with Crippen LogP contribution in [0.2, 0.25) is 0 Å². The Kier molecular flexibility index (Phi) is 50.3. The van der Waals surface area contributed by atoms with E-state index in [9.17, 15) is 14.4 Å². The molecule has 0 heterocycles. The first-order chi connectivity index (χ1) is 31.0. The molecule has 6 heteroatoms. The van der Waals surface area contributed by atoms with Crippen LogP contribution in [0.4, 0.5) is 0 Å². The normalized spacial score (nSPS) is 12.2. The highest BCUT2D eigenvalue weighted by atomic mass is 16.6. The molecule has 0 bridgehead atoms. The van der Waals surface area contributed by atoms with E-state index in [-0.39, 0.29) is 31.1 Å². The van der Waals surface area contributed by atoms with Gasteiger partial charge in [0.15, 0.2) is 6.10 Å². The van der Waals surface area contributed by atoms with Gasteiger partial charge in [-0.15, -0.1) is 0 Å². The summed E-state index contributed by atoms with van der Waals surface area (Å²) in [7, 11) is 0. The van der Waals surface area contributed by atoms with E-state index < -0.39 is 6.10 Å². The van der Waals surface area contributed by atoms with Gasteiger partial charge in [0.25, 0.3) is 0 Å². The van der Waals surface area contributed by atoms with Crippen LogP contribution in [-0.4, -0.2) is 37.2 Å². The van der Waals surface area contributed by atoms with Crippen LogP contribution in [-0.2, 0) is 28.6 Å². The predicted octanol–water partition coefficient (Wildman–Crippen LogP) is 18.1. The topological polar surface area (TPSA) is 78.9 Å². The Balaban J connectivity index is 4.21. The molecule has 1 unspecified atom stereocenters. The third-order valence-corrected chi connectivity index (χ3v) is 12.1. The number of carbonyl (C=O) groups is 3. The molecule has 0 radical (unpaired) electrons. The minimum atomic E-state index is -0.772. The van der Waals surface area contributed by atoms with Gasteiger partial charge >= 0.3 is 17.9 Å². The number of esters is 3. The van der Waals surface area contributed by atoms with Crippen molar-refractivity contribution in [1.29, 1.82) is 0 Å². The number of rotatable bonds is 50. The molecule has 0 saturated carbocycles. The first-order valence-electron chi connectivity index (χ1n) is 27.5. The molecule has 0 amide bonds. The van der Waals surface area contributed by atoms with E-state index in [1.165, 1.54) is 180 Å². The van der Waals surface area contributed by atoms with E-state index in [0.29, 0.717) is 19.3 Å². The molecule has 0 aromatic rings. The van der Waals surface area contributed by atoms with Crippen molar-refractivity contribution < 1.29 is 28.6 Å². The van der Waals surface area contributed by atoms with Gasteiger partial charge in [-0.05, 0) is 77.0 Å². The van der Waals surface area contributed by atoms with E-state index >= 15 is 0 Å². The van der Waals surface area contributed by atoms with Crippen molar-refractivity contribution in [2.75, 3.05) is 13.2 Å². The van der Waals surface area contributed by atoms with Crippen molar-refractivity contribution in [3.63, 3.8) is 0 Å². The Labute approximate surface area is 391 Å². The number of ether oxygens (including phenoxy) is 3. The fraction of sp³-hybridized carbons (Fsp3) is 0.842. The monoisotopic (exact) mass is 885 g/mol. The molecule has 0 aliphatic rings. The quantitative estimate of drug-likeness (QED) is 0.0262. The standard InChI is InChI=1S/C57H104O6/c1-4-7-10-13-16-19-22-24-25-26-27-28-29-30-31-32-33-34-36-38-41-44-47-50-56(59)62-53-54(52-61-55(58)49-46-43-40-37-21-18-15-12-9-6-3)63-57(60)51-48-45-42-39-35-23-20-17-14-11-8-5-2/h17,20,22,24,26-27,54H,4-16,18-19,21,23,25,28-53H2,1-3H3/b20-17-,24-22-,27-26-. The second-order valence-electron chi connectivity index (χ2n) is 18.5. The molecule has 0 saturated heterocycles. The summed E-state index contributed by atoms with van der Waals surface area (Å²) in [6, 6.07) is 0. The Morgan fingerprint density at radius 3 is 0.921 bits per heavy atom. The van der Waals surface area contributed by atoms with Crippen LogP contribution in [0.25, 0.3) is 0 Å². The Morgan fingerprint density at radius 2 is 0.571 bits per heavy atom. The van der Waals surface area contributed by atoms with Gasteiger partial charge in [-0.2, -0.15) is 0 Å². The van der Waals surface area contributed by atoms with Gasteiger partial charge in [-0.1, -0.05) is 231 Å². The van der Waals surface area contributed by atoms with Crippen LogP contribution in [0.1, 0.15) is 290 Å². The van der Waals surface area contributed by atoms with Crippen LogP contribution < -0.4 is 0 Å². The van der Waals surface area contributed by atoms with Crippen molar-refractivity contribution in [3.05, 3.63) is 36.5 Å². The zero-order chi connectivity index (χ0) is 45.8. The van der Waals surface area contributed by atoms with E-state index in [1.807, 2.05) is 0 Å².